The fourth-order valence-corrected chi connectivity index (χ4v) is 3.76. The standard InChI is InChI=1S/C22H21Cl2N5/c1-12-8-20-16(9-18(12)24)17-11-19(27-6-7-28-22(25)26)15(10-21(17)29-20)13-2-4-14(23)5-3-13/h2-5,8-11,27,29H,6-7H2,1H3,(H4,25,26,28). The largest absolute Gasteiger partial charge is 0.383 e. The Morgan fingerprint density at radius 3 is 2.41 bits per heavy atom. The molecule has 0 atom stereocenters. The highest BCUT2D eigenvalue weighted by Crippen LogP contribution is 2.37. The number of nitrogens with one attached hydrogen (secondary N) is 2. The van der Waals surface area contributed by atoms with Gasteiger partial charge in [-0.15, -0.1) is 0 Å². The van der Waals surface area contributed by atoms with Gasteiger partial charge in [0.15, 0.2) is 5.96 Å². The lowest BCUT2D eigenvalue weighted by atomic mass is 10.0. The minimum absolute atomic E-state index is 0.0850. The molecule has 1 aromatic heterocycles. The predicted molar refractivity (Wildman–Crippen MR) is 125 cm³/mol. The molecule has 3 aromatic carbocycles. The minimum atomic E-state index is 0.0850. The third-order valence-electron chi connectivity index (χ3n) is 4.89. The number of guanidine groups is 1. The lowest BCUT2D eigenvalue weighted by molar-refractivity contribution is 1.02. The SMILES string of the molecule is Cc1cc2[nH]c3cc(-c4ccc(Cl)cc4)c(NCCN=C(N)N)cc3c2cc1Cl. The Hall–Kier alpha value is -2.89. The normalized spacial score (nSPS) is 11.1. The average molecular weight is 426 g/mol. The van der Waals surface area contributed by atoms with E-state index in [0.717, 1.165) is 49.2 Å². The topological polar surface area (TPSA) is 92.2 Å². The van der Waals surface area contributed by atoms with Crippen LogP contribution in [0.4, 0.5) is 5.69 Å². The second kappa shape index (κ2) is 7.85. The van der Waals surface area contributed by atoms with Crippen molar-refractivity contribution in [3.8, 4) is 11.1 Å². The number of fused-ring (bicyclic) bond motifs is 3. The fourth-order valence-electron chi connectivity index (χ4n) is 3.47. The van der Waals surface area contributed by atoms with Crippen LogP contribution in [0.15, 0.2) is 53.5 Å². The van der Waals surface area contributed by atoms with E-state index in [9.17, 15) is 0 Å². The monoisotopic (exact) mass is 425 g/mol. The maximum Gasteiger partial charge on any atom is 0.185 e. The van der Waals surface area contributed by atoms with Crippen LogP contribution >= 0.6 is 23.2 Å². The quantitative estimate of drug-likeness (QED) is 0.199. The van der Waals surface area contributed by atoms with Gasteiger partial charge in [-0.2, -0.15) is 0 Å². The van der Waals surface area contributed by atoms with Crippen molar-refractivity contribution in [2.75, 3.05) is 18.4 Å². The lowest BCUT2D eigenvalue weighted by Gasteiger charge is -2.13. The van der Waals surface area contributed by atoms with E-state index in [4.69, 9.17) is 34.7 Å². The van der Waals surface area contributed by atoms with E-state index in [1.165, 1.54) is 0 Å². The molecule has 29 heavy (non-hydrogen) atoms. The van der Waals surface area contributed by atoms with E-state index < -0.39 is 0 Å². The lowest BCUT2D eigenvalue weighted by Crippen LogP contribution is -2.24. The Labute approximate surface area is 178 Å². The molecule has 0 fully saturated rings. The molecule has 0 amide bonds. The highest BCUT2D eigenvalue weighted by atomic mass is 35.5. The first-order valence-corrected chi connectivity index (χ1v) is 9.99. The molecule has 148 valence electrons. The Morgan fingerprint density at radius 2 is 1.69 bits per heavy atom. The zero-order valence-electron chi connectivity index (χ0n) is 15.9. The molecule has 4 rings (SSSR count). The van der Waals surface area contributed by atoms with Crippen molar-refractivity contribution < 1.29 is 0 Å². The van der Waals surface area contributed by atoms with E-state index in [0.29, 0.717) is 18.1 Å². The predicted octanol–water partition coefficient (Wildman–Crippen LogP) is 5.29. The number of hydrogen-bond donors (Lipinski definition) is 4. The van der Waals surface area contributed by atoms with Gasteiger partial charge in [-0.3, -0.25) is 4.99 Å². The second-order valence-electron chi connectivity index (χ2n) is 6.96. The van der Waals surface area contributed by atoms with Crippen molar-refractivity contribution >= 4 is 56.7 Å². The van der Waals surface area contributed by atoms with Gasteiger partial charge in [-0.25, -0.2) is 0 Å². The van der Waals surface area contributed by atoms with Gasteiger partial charge in [0.25, 0.3) is 0 Å². The van der Waals surface area contributed by atoms with E-state index in [1.807, 2.05) is 37.3 Å². The Morgan fingerprint density at radius 1 is 1.00 bits per heavy atom. The molecule has 0 saturated carbocycles. The Balaban J connectivity index is 1.86. The zero-order chi connectivity index (χ0) is 20.5. The van der Waals surface area contributed by atoms with Crippen LogP contribution in [0.1, 0.15) is 5.56 Å². The van der Waals surface area contributed by atoms with Crippen LogP contribution in [-0.2, 0) is 0 Å². The van der Waals surface area contributed by atoms with E-state index in [-0.39, 0.29) is 5.96 Å². The first kappa shape index (κ1) is 19.4. The molecule has 7 heteroatoms. The highest BCUT2D eigenvalue weighted by molar-refractivity contribution is 6.32. The molecule has 0 radical (unpaired) electrons. The minimum Gasteiger partial charge on any atom is -0.383 e. The summed E-state index contributed by atoms with van der Waals surface area (Å²) < 4.78 is 0. The number of aryl methyl sites for hydroxylation is 1. The van der Waals surface area contributed by atoms with Crippen molar-refractivity contribution in [2.24, 2.45) is 16.5 Å². The van der Waals surface area contributed by atoms with Gasteiger partial charge >= 0.3 is 0 Å². The maximum absolute atomic E-state index is 6.38. The molecular weight excluding hydrogens is 405 g/mol. The van der Waals surface area contributed by atoms with Gasteiger partial charge in [0.1, 0.15) is 0 Å². The molecule has 1 heterocycles. The molecule has 0 bridgehead atoms. The molecule has 6 N–H and O–H groups in total. The number of aromatic nitrogens is 1. The molecule has 0 aliphatic carbocycles. The fraction of sp³-hybridized carbons (Fsp3) is 0.136. The van der Waals surface area contributed by atoms with Gasteiger partial charge in [0.05, 0.1) is 6.54 Å². The van der Waals surface area contributed by atoms with Crippen molar-refractivity contribution in [1.29, 1.82) is 0 Å². The number of H-pyrrole nitrogens is 1. The summed E-state index contributed by atoms with van der Waals surface area (Å²) in [5.41, 5.74) is 17.1. The number of aliphatic imine (C=N–C) groups is 1. The molecule has 0 aliphatic heterocycles. The number of anilines is 1. The van der Waals surface area contributed by atoms with Crippen LogP contribution < -0.4 is 16.8 Å². The van der Waals surface area contributed by atoms with Gasteiger partial charge in [0, 0.05) is 49.6 Å². The smallest absolute Gasteiger partial charge is 0.185 e. The molecule has 4 aromatic rings. The Bertz CT molecular complexity index is 1220. The number of nitrogens with zero attached hydrogens (tertiary/aromatic N) is 1. The van der Waals surface area contributed by atoms with Crippen molar-refractivity contribution in [3.63, 3.8) is 0 Å². The summed E-state index contributed by atoms with van der Waals surface area (Å²) in [6.07, 6.45) is 0. The number of rotatable bonds is 5. The summed E-state index contributed by atoms with van der Waals surface area (Å²) in [7, 11) is 0. The second-order valence-corrected chi connectivity index (χ2v) is 7.80. The molecule has 5 nitrogen and oxygen atoms in total. The van der Waals surface area contributed by atoms with Gasteiger partial charge in [-0.05, 0) is 54.4 Å². The third kappa shape index (κ3) is 3.97. The number of aromatic amines is 1. The summed E-state index contributed by atoms with van der Waals surface area (Å²) in [4.78, 5) is 7.56. The van der Waals surface area contributed by atoms with Crippen LogP contribution in [-0.4, -0.2) is 24.0 Å². The first-order valence-electron chi connectivity index (χ1n) is 9.23. The molecule has 0 aliphatic rings. The third-order valence-corrected chi connectivity index (χ3v) is 5.55. The Kier molecular flexibility index (Phi) is 5.26. The average Bonchev–Trinajstić information content (AvgIpc) is 3.02. The van der Waals surface area contributed by atoms with Gasteiger partial charge in [0.2, 0.25) is 0 Å². The number of hydrogen-bond acceptors (Lipinski definition) is 2. The van der Waals surface area contributed by atoms with Crippen LogP contribution in [0, 0.1) is 6.92 Å². The van der Waals surface area contributed by atoms with Crippen molar-refractivity contribution in [1.82, 2.24) is 4.98 Å². The first-order chi connectivity index (χ1) is 13.9. The van der Waals surface area contributed by atoms with Gasteiger partial charge in [-0.1, -0.05) is 35.3 Å². The summed E-state index contributed by atoms with van der Waals surface area (Å²) >= 11 is 12.5. The van der Waals surface area contributed by atoms with Crippen LogP contribution in [0.3, 0.4) is 0 Å². The van der Waals surface area contributed by atoms with E-state index in [2.05, 4.69) is 33.5 Å². The number of halogens is 2. The van der Waals surface area contributed by atoms with E-state index >= 15 is 0 Å². The molecule has 0 saturated heterocycles. The summed E-state index contributed by atoms with van der Waals surface area (Å²) in [5.74, 6) is 0.0850. The molecule has 0 spiro atoms. The summed E-state index contributed by atoms with van der Waals surface area (Å²) in [6.45, 7) is 3.09. The van der Waals surface area contributed by atoms with Crippen molar-refractivity contribution in [2.45, 2.75) is 6.92 Å². The molecular formula is C22H21Cl2N5. The highest BCUT2D eigenvalue weighted by Gasteiger charge is 2.13. The van der Waals surface area contributed by atoms with Crippen molar-refractivity contribution in [3.05, 3.63) is 64.1 Å². The maximum atomic E-state index is 6.38. The number of benzene rings is 3. The zero-order valence-corrected chi connectivity index (χ0v) is 17.4. The van der Waals surface area contributed by atoms with Crippen LogP contribution in [0.5, 0.6) is 0 Å². The summed E-state index contributed by atoms with van der Waals surface area (Å²) in [6, 6.07) is 16.2. The van der Waals surface area contributed by atoms with Crippen LogP contribution in [0.2, 0.25) is 10.0 Å². The van der Waals surface area contributed by atoms with Crippen LogP contribution in [0.25, 0.3) is 32.9 Å². The number of nitrogens with two attached hydrogens (primary N) is 2. The molecule has 0 unspecified atom stereocenters. The van der Waals surface area contributed by atoms with E-state index in [1.54, 1.807) is 0 Å². The van der Waals surface area contributed by atoms with Gasteiger partial charge < -0.3 is 21.8 Å². The summed E-state index contributed by atoms with van der Waals surface area (Å²) in [5, 5.41) is 7.10.